The first-order valence-corrected chi connectivity index (χ1v) is 5.72. The smallest absolute Gasteiger partial charge is 0.338 e. The number of esters is 1. The quantitative estimate of drug-likeness (QED) is 0.595. The standard InChI is InChI=1S/C12H11N3O6/c1-19-8-4-2-7(3-5-8)12(17)20-6-9-10(11(13)16)15(18)21-14-9/h2-5H,6H2,1H3,(H2,13,16). The topological polar surface area (TPSA) is 132 Å². The van der Waals surface area contributed by atoms with Gasteiger partial charge in [0, 0.05) is 5.16 Å². The maximum absolute atomic E-state index is 11.8. The normalized spacial score (nSPS) is 10.1. The molecular formula is C12H11N3O6. The van der Waals surface area contributed by atoms with Crippen molar-refractivity contribution in [2.75, 3.05) is 7.11 Å². The second kappa shape index (κ2) is 5.90. The zero-order chi connectivity index (χ0) is 15.4. The number of nitrogens with zero attached hydrogens (tertiary/aromatic N) is 2. The van der Waals surface area contributed by atoms with Gasteiger partial charge in [-0.1, -0.05) is 0 Å². The molecule has 0 atom stereocenters. The van der Waals surface area contributed by atoms with Crippen LogP contribution in [0.4, 0.5) is 0 Å². The summed E-state index contributed by atoms with van der Waals surface area (Å²) >= 11 is 0. The largest absolute Gasteiger partial charge is 0.497 e. The Morgan fingerprint density at radius 1 is 1.38 bits per heavy atom. The van der Waals surface area contributed by atoms with Crippen LogP contribution in [0.25, 0.3) is 0 Å². The highest BCUT2D eigenvalue weighted by atomic mass is 16.8. The second-order valence-electron chi connectivity index (χ2n) is 3.89. The molecule has 1 aromatic carbocycles. The van der Waals surface area contributed by atoms with Crippen molar-refractivity contribution in [2.24, 2.45) is 5.73 Å². The van der Waals surface area contributed by atoms with E-state index in [4.69, 9.17) is 15.2 Å². The van der Waals surface area contributed by atoms with Crippen molar-refractivity contribution in [3.63, 3.8) is 0 Å². The van der Waals surface area contributed by atoms with E-state index in [1.165, 1.54) is 19.2 Å². The van der Waals surface area contributed by atoms with E-state index < -0.39 is 24.2 Å². The van der Waals surface area contributed by atoms with Crippen LogP contribution in [0.15, 0.2) is 28.9 Å². The molecule has 2 N–H and O–H groups in total. The van der Waals surface area contributed by atoms with Gasteiger partial charge >= 0.3 is 5.97 Å². The predicted octanol–water partition coefficient (Wildman–Crippen LogP) is -0.228. The monoisotopic (exact) mass is 293 g/mol. The molecule has 0 spiro atoms. The van der Waals surface area contributed by atoms with Gasteiger partial charge in [0.25, 0.3) is 17.3 Å². The van der Waals surface area contributed by atoms with Crippen molar-refractivity contribution < 1.29 is 28.6 Å². The molecule has 0 aliphatic rings. The van der Waals surface area contributed by atoms with Gasteiger partial charge < -0.3 is 20.4 Å². The molecule has 0 unspecified atom stereocenters. The summed E-state index contributed by atoms with van der Waals surface area (Å²) in [5.41, 5.74) is 4.61. The zero-order valence-corrected chi connectivity index (χ0v) is 10.9. The molecule has 1 amide bonds. The fourth-order valence-corrected chi connectivity index (χ4v) is 1.55. The molecule has 1 aromatic heterocycles. The number of primary amides is 1. The number of benzene rings is 1. The number of rotatable bonds is 5. The van der Waals surface area contributed by atoms with Crippen LogP contribution < -0.4 is 15.4 Å². The molecule has 9 nitrogen and oxygen atoms in total. The summed E-state index contributed by atoms with van der Waals surface area (Å²) in [5.74, 6) is -1.10. The first-order chi connectivity index (χ1) is 10.0. The highest BCUT2D eigenvalue weighted by molar-refractivity contribution is 5.91. The van der Waals surface area contributed by atoms with Gasteiger partial charge in [-0.2, -0.15) is 0 Å². The van der Waals surface area contributed by atoms with Crippen molar-refractivity contribution in [2.45, 2.75) is 6.61 Å². The Bertz CT molecular complexity index is 664. The summed E-state index contributed by atoms with van der Waals surface area (Å²) in [6.45, 7) is -0.415. The van der Waals surface area contributed by atoms with Gasteiger partial charge in [-0.25, -0.2) is 4.79 Å². The van der Waals surface area contributed by atoms with Crippen LogP contribution >= 0.6 is 0 Å². The zero-order valence-electron chi connectivity index (χ0n) is 10.9. The number of carbonyl (C=O) groups is 2. The van der Waals surface area contributed by atoms with Gasteiger partial charge in [0.2, 0.25) is 0 Å². The van der Waals surface area contributed by atoms with E-state index in [-0.39, 0.29) is 16.2 Å². The molecule has 110 valence electrons. The molecule has 2 aromatic rings. The second-order valence-corrected chi connectivity index (χ2v) is 3.89. The number of carbonyl (C=O) groups excluding carboxylic acids is 2. The summed E-state index contributed by atoms with van der Waals surface area (Å²) in [5, 5.41) is 14.4. The first kappa shape index (κ1) is 14.3. The predicted molar refractivity (Wildman–Crippen MR) is 66.1 cm³/mol. The molecule has 0 bridgehead atoms. The van der Waals surface area contributed by atoms with E-state index >= 15 is 0 Å². The molecule has 0 fully saturated rings. The lowest BCUT2D eigenvalue weighted by atomic mass is 10.2. The SMILES string of the molecule is COc1ccc(C(=O)OCc2no[n+]([O-])c2C(N)=O)cc1. The van der Waals surface area contributed by atoms with Gasteiger partial charge in [-0.15, -0.1) is 0 Å². The number of nitrogens with two attached hydrogens (primary N) is 1. The van der Waals surface area contributed by atoms with Gasteiger partial charge in [0.1, 0.15) is 5.75 Å². The lowest BCUT2D eigenvalue weighted by Crippen LogP contribution is -2.35. The minimum Gasteiger partial charge on any atom is -0.497 e. The van der Waals surface area contributed by atoms with Gasteiger partial charge in [-0.3, -0.25) is 9.42 Å². The summed E-state index contributed by atoms with van der Waals surface area (Å²) in [4.78, 5) is 22.7. The van der Waals surface area contributed by atoms with Crippen molar-refractivity contribution in [3.05, 3.63) is 46.4 Å². The van der Waals surface area contributed by atoms with Crippen molar-refractivity contribution in [1.82, 2.24) is 5.16 Å². The van der Waals surface area contributed by atoms with Crippen LogP contribution in [-0.2, 0) is 11.3 Å². The van der Waals surface area contributed by atoms with Gasteiger partial charge in [-0.05, 0) is 29.2 Å². The van der Waals surface area contributed by atoms with Crippen molar-refractivity contribution in [3.8, 4) is 5.75 Å². The summed E-state index contributed by atoms with van der Waals surface area (Å²) in [7, 11) is 1.50. The third kappa shape index (κ3) is 3.08. The molecular weight excluding hydrogens is 282 g/mol. The Hall–Kier alpha value is -3.10. The number of aromatic nitrogens is 2. The molecule has 21 heavy (non-hydrogen) atoms. The van der Waals surface area contributed by atoms with E-state index in [1.807, 2.05) is 0 Å². The summed E-state index contributed by atoms with van der Waals surface area (Å²) in [6, 6.07) is 6.19. The number of hydrogen-bond acceptors (Lipinski definition) is 7. The third-order valence-corrected chi connectivity index (χ3v) is 2.58. The van der Waals surface area contributed by atoms with Crippen LogP contribution in [-0.4, -0.2) is 24.1 Å². The van der Waals surface area contributed by atoms with E-state index in [1.54, 1.807) is 12.1 Å². The van der Waals surface area contributed by atoms with Crippen LogP contribution in [0.1, 0.15) is 26.5 Å². The van der Waals surface area contributed by atoms with E-state index in [0.717, 1.165) is 0 Å². The Morgan fingerprint density at radius 2 is 2.05 bits per heavy atom. The van der Waals surface area contributed by atoms with Crippen LogP contribution in [0.5, 0.6) is 5.75 Å². The molecule has 0 aliphatic heterocycles. The fourth-order valence-electron chi connectivity index (χ4n) is 1.55. The van der Waals surface area contributed by atoms with Crippen LogP contribution in [0, 0.1) is 5.21 Å². The Kier molecular flexibility index (Phi) is 4.02. The van der Waals surface area contributed by atoms with E-state index in [9.17, 15) is 14.8 Å². The van der Waals surface area contributed by atoms with Crippen LogP contribution in [0.2, 0.25) is 0 Å². The van der Waals surface area contributed by atoms with Crippen LogP contribution in [0.3, 0.4) is 0 Å². The van der Waals surface area contributed by atoms with E-state index in [0.29, 0.717) is 5.75 Å². The maximum Gasteiger partial charge on any atom is 0.338 e. The van der Waals surface area contributed by atoms with Gasteiger partial charge in [0.15, 0.2) is 6.61 Å². The number of ether oxygens (including phenoxy) is 2. The molecule has 9 heteroatoms. The fraction of sp³-hybridized carbons (Fsp3) is 0.167. The van der Waals surface area contributed by atoms with E-state index in [2.05, 4.69) is 9.79 Å². The number of methoxy groups -OCH3 is 1. The molecule has 2 rings (SSSR count). The molecule has 1 heterocycles. The highest BCUT2D eigenvalue weighted by Crippen LogP contribution is 2.13. The average molecular weight is 293 g/mol. The Balaban J connectivity index is 2.05. The highest BCUT2D eigenvalue weighted by Gasteiger charge is 2.25. The molecule has 0 saturated heterocycles. The van der Waals surface area contributed by atoms with Crippen molar-refractivity contribution >= 4 is 11.9 Å². The molecule has 0 saturated carbocycles. The maximum atomic E-state index is 11.8. The summed E-state index contributed by atoms with van der Waals surface area (Å²) in [6.07, 6.45) is 0. The van der Waals surface area contributed by atoms with Crippen molar-refractivity contribution in [1.29, 1.82) is 0 Å². The first-order valence-electron chi connectivity index (χ1n) is 5.72. The minimum atomic E-state index is -1.03. The lowest BCUT2D eigenvalue weighted by Gasteiger charge is -2.03. The Morgan fingerprint density at radius 3 is 2.62 bits per heavy atom. The third-order valence-electron chi connectivity index (χ3n) is 2.58. The lowest BCUT2D eigenvalue weighted by molar-refractivity contribution is -0.803. The summed E-state index contributed by atoms with van der Waals surface area (Å²) < 4.78 is 14.1. The van der Waals surface area contributed by atoms with Gasteiger partial charge in [0.05, 0.1) is 12.7 Å². The number of hydrogen-bond donors (Lipinski definition) is 1. The minimum absolute atomic E-state index is 0.140. The molecule has 0 aliphatic carbocycles. The molecule has 0 radical (unpaired) electrons. The Labute approximate surface area is 118 Å². The average Bonchev–Trinajstić information content (AvgIpc) is 2.86. The number of amides is 1.